The third-order valence-electron chi connectivity index (χ3n) is 4.19. The Kier molecular flexibility index (Phi) is 9.08. The van der Waals surface area contributed by atoms with Gasteiger partial charge in [-0.15, -0.1) is 6.58 Å². The van der Waals surface area contributed by atoms with Gasteiger partial charge in [-0.05, 0) is 59.6 Å². The van der Waals surface area contributed by atoms with Gasteiger partial charge in [-0.1, -0.05) is 30.3 Å². The van der Waals surface area contributed by atoms with E-state index in [9.17, 15) is 14.4 Å². The van der Waals surface area contributed by atoms with Crippen LogP contribution in [-0.4, -0.2) is 47.0 Å². The number of nitrogens with zero attached hydrogens (tertiary/aromatic N) is 1. The molecule has 30 heavy (non-hydrogen) atoms. The number of alkyl carbamates (subject to hydrolysis) is 1. The van der Waals surface area contributed by atoms with Gasteiger partial charge in [-0.2, -0.15) is 0 Å². The topological polar surface area (TPSA) is 87.7 Å². The summed E-state index contributed by atoms with van der Waals surface area (Å²) in [5, 5.41) is 5.45. The number of hydrogen-bond donors (Lipinski definition) is 2. The predicted octanol–water partition coefficient (Wildman–Crippen LogP) is 3.49. The highest BCUT2D eigenvalue weighted by Gasteiger charge is 2.34. The molecule has 3 amide bonds. The molecule has 2 atom stereocenters. The molecule has 0 saturated carbocycles. The molecule has 0 spiro atoms. The van der Waals surface area contributed by atoms with Crippen molar-refractivity contribution in [1.29, 1.82) is 0 Å². The van der Waals surface area contributed by atoms with Crippen LogP contribution < -0.4 is 10.6 Å². The van der Waals surface area contributed by atoms with Crippen LogP contribution in [0.15, 0.2) is 36.9 Å². The summed E-state index contributed by atoms with van der Waals surface area (Å²) in [6, 6.07) is 5.58. The van der Waals surface area contributed by atoms with Crippen LogP contribution in [0.2, 0.25) is 0 Å². The van der Waals surface area contributed by atoms with Crippen molar-refractivity contribution in [3.63, 3.8) is 0 Å². The molecule has 7 heteroatoms. The second-order valence-corrected chi connectivity index (χ2v) is 8.57. The summed E-state index contributed by atoms with van der Waals surface area (Å²) in [6.07, 6.45) is 0.868. The van der Waals surface area contributed by atoms with Crippen LogP contribution in [-0.2, 0) is 14.3 Å². The molecular formula is C23H35N3O4. The van der Waals surface area contributed by atoms with E-state index in [1.165, 1.54) is 4.90 Å². The highest BCUT2D eigenvalue weighted by molar-refractivity contribution is 5.92. The normalized spacial score (nSPS) is 13.2. The van der Waals surface area contributed by atoms with Crippen molar-refractivity contribution < 1.29 is 19.1 Å². The van der Waals surface area contributed by atoms with Crippen LogP contribution in [0.5, 0.6) is 0 Å². The number of amides is 3. The molecular weight excluding hydrogens is 382 g/mol. The van der Waals surface area contributed by atoms with Crippen LogP contribution in [0, 0.1) is 6.92 Å². The van der Waals surface area contributed by atoms with E-state index in [0.717, 1.165) is 11.1 Å². The van der Waals surface area contributed by atoms with Crippen LogP contribution in [0.3, 0.4) is 0 Å². The molecule has 0 radical (unpaired) electrons. The minimum Gasteiger partial charge on any atom is -0.444 e. The minimum absolute atomic E-state index is 0.0954. The monoisotopic (exact) mass is 417 g/mol. The lowest BCUT2D eigenvalue weighted by Gasteiger charge is -2.34. The third-order valence-corrected chi connectivity index (χ3v) is 4.19. The van der Waals surface area contributed by atoms with E-state index in [1.54, 1.807) is 33.8 Å². The lowest BCUT2D eigenvalue weighted by Crippen LogP contribution is -2.52. The van der Waals surface area contributed by atoms with Crippen LogP contribution in [0.25, 0.3) is 0 Å². The van der Waals surface area contributed by atoms with E-state index in [0.29, 0.717) is 0 Å². The van der Waals surface area contributed by atoms with E-state index < -0.39 is 29.7 Å². The first-order valence-electron chi connectivity index (χ1n) is 10.1. The van der Waals surface area contributed by atoms with Gasteiger partial charge in [0, 0.05) is 12.6 Å². The Hall–Kier alpha value is -2.83. The van der Waals surface area contributed by atoms with Gasteiger partial charge >= 0.3 is 6.09 Å². The summed E-state index contributed by atoms with van der Waals surface area (Å²) >= 11 is 0. The molecule has 166 valence electrons. The fraction of sp³-hybridized carbons (Fsp3) is 0.522. The summed E-state index contributed by atoms with van der Waals surface area (Å²) in [6.45, 7) is 16.3. The van der Waals surface area contributed by atoms with E-state index in [2.05, 4.69) is 17.2 Å². The van der Waals surface area contributed by atoms with Gasteiger partial charge in [0.15, 0.2) is 0 Å². The fourth-order valence-corrected chi connectivity index (χ4v) is 2.96. The Morgan fingerprint density at radius 3 is 2.23 bits per heavy atom. The average molecular weight is 418 g/mol. The molecule has 7 nitrogen and oxygen atoms in total. The van der Waals surface area contributed by atoms with E-state index in [4.69, 9.17) is 4.74 Å². The van der Waals surface area contributed by atoms with E-state index >= 15 is 0 Å². The standard InChI is InChI=1S/C23H35N3O4/c1-9-14-26(21(28)17(5)25-22(29)30-23(6,7)8)19(20(27)24-15(2)3)18-13-11-10-12-16(18)4/h9-13,15,17,19H,1,14H2,2-8H3,(H,24,27)(H,25,29). The highest BCUT2D eigenvalue weighted by atomic mass is 16.6. The molecule has 0 aromatic heterocycles. The first-order chi connectivity index (χ1) is 13.9. The largest absolute Gasteiger partial charge is 0.444 e. The molecule has 0 aliphatic carbocycles. The Labute approximate surface area is 179 Å². The van der Waals surface area contributed by atoms with Crippen molar-refractivity contribution in [2.75, 3.05) is 6.54 Å². The smallest absolute Gasteiger partial charge is 0.408 e. The lowest BCUT2D eigenvalue weighted by molar-refractivity contribution is -0.141. The number of aryl methyl sites for hydroxylation is 1. The SMILES string of the molecule is C=CCN(C(=O)C(C)NC(=O)OC(C)(C)C)C(C(=O)NC(C)C)c1ccccc1C. The molecule has 2 unspecified atom stereocenters. The minimum atomic E-state index is -0.891. The Bertz CT molecular complexity index is 768. The van der Waals surface area contributed by atoms with Gasteiger partial charge in [0.25, 0.3) is 0 Å². The number of benzene rings is 1. The first kappa shape index (κ1) is 25.2. The Balaban J connectivity index is 3.25. The third kappa shape index (κ3) is 7.54. The maximum Gasteiger partial charge on any atom is 0.408 e. The number of ether oxygens (including phenoxy) is 1. The quantitative estimate of drug-likeness (QED) is 0.634. The maximum atomic E-state index is 13.3. The number of rotatable bonds is 8. The number of nitrogens with one attached hydrogen (secondary N) is 2. The predicted molar refractivity (Wildman–Crippen MR) is 118 cm³/mol. The van der Waals surface area contributed by atoms with Crippen LogP contribution >= 0.6 is 0 Å². The summed E-state index contributed by atoms with van der Waals surface area (Å²) in [5.74, 6) is -0.702. The van der Waals surface area contributed by atoms with Crippen LogP contribution in [0.4, 0.5) is 4.79 Å². The highest BCUT2D eigenvalue weighted by Crippen LogP contribution is 2.25. The van der Waals surface area contributed by atoms with Gasteiger partial charge in [0.05, 0.1) is 0 Å². The summed E-state index contributed by atoms with van der Waals surface area (Å²) in [4.78, 5) is 39.9. The van der Waals surface area contributed by atoms with Gasteiger partial charge < -0.3 is 20.3 Å². The second-order valence-electron chi connectivity index (χ2n) is 8.57. The van der Waals surface area contributed by atoms with Crippen molar-refractivity contribution in [2.45, 2.75) is 72.2 Å². The van der Waals surface area contributed by atoms with E-state index in [1.807, 2.05) is 45.0 Å². The zero-order valence-corrected chi connectivity index (χ0v) is 19.1. The molecule has 0 fully saturated rings. The van der Waals surface area contributed by atoms with Crippen molar-refractivity contribution in [2.24, 2.45) is 0 Å². The fourth-order valence-electron chi connectivity index (χ4n) is 2.96. The summed E-state index contributed by atoms with van der Waals surface area (Å²) < 4.78 is 5.24. The van der Waals surface area contributed by atoms with Gasteiger partial charge in [0.2, 0.25) is 11.8 Å². The van der Waals surface area contributed by atoms with Crippen molar-refractivity contribution in [3.05, 3.63) is 48.0 Å². The molecule has 0 bridgehead atoms. The van der Waals surface area contributed by atoms with E-state index in [-0.39, 0.29) is 18.5 Å². The Morgan fingerprint density at radius 2 is 1.73 bits per heavy atom. The van der Waals surface area contributed by atoms with Gasteiger partial charge in [-0.3, -0.25) is 9.59 Å². The Morgan fingerprint density at radius 1 is 1.13 bits per heavy atom. The van der Waals surface area contributed by atoms with Crippen molar-refractivity contribution >= 4 is 17.9 Å². The summed E-state index contributed by atoms with van der Waals surface area (Å²) in [5.41, 5.74) is 0.917. The molecule has 1 aromatic rings. The van der Waals surface area contributed by atoms with Crippen molar-refractivity contribution in [1.82, 2.24) is 15.5 Å². The molecule has 2 N–H and O–H groups in total. The molecule has 0 saturated heterocycles. The first-order valence-corrected chi connectivity index (χ1v) is 10.1. The molecule has 0 aliphatic rings. The van der Waals surface area contributed by atoms with Gasteiger partial charge in [-0.25, -0.2) is 4.79 Å². The zero-order valence-electron chi connectivity index (χ0n) is 19.1. The lowest BCUT2D eigenvalue weighted by atomic mass is 9.98. The van der Waals surface area contributed by atoms with Gasteiger partial charge in [0.1, 0.15) is 17.7 Å². The number of hydrogen-bond acceptors (Lipinski definition) is 4. The maximum absolute atomic E-state index is 13.3. The molecule has 1 aromatic carbocycles. The average Bonchev–Trinajstić information content (AvgIpc) is 2.59. The molecule has 1 rings (SSSR count). The molecule has 0 heterocycles. The molecule has 0 aliphatic heterocycles. The second kappa shape index (κ2) is 10.8. The number of carbonyl (C=O) groups excluding carboxylic acids is 3. The summed E-state index contributed by atoms with van der Waals surface area (Å²) in [7, 11) is 0. The zero-order chi connectivity index (χ0) is 23.1. The van der Waals surface area contributed by atoms with Crippen LogP contribution in [0.1, 0.15) is 58.7 Å². The number of carbonyl (C=O) groups is 3. The van der Waals surface area contributed by atoms with Crippen molar-refractivity contribution in [3.8, 4) is 0 Å².